The molecule has 0 spiro atoms. The van der Waals surface area contributed by atoms with Gasteiger partial charge in [-0.3, -0.25) is 4.79 Å². The van der Waals surface area contributed by atoms with Gasteiger partial charge in [0.1, 0.15) is 11.5 Å². The second-order valence-corrected chi connectivity index (χ2v) is 9.90. The molecule has 0 saturated carbocycles. The number of benzene rings is 2. The molecule has 1 unspecified atom stereocenters. The van der Waals surface area contributed by atoms with E-state index in [-0.39, 0.29) is 41.0 Å². The summed E-state index contributed by atoms with van der Waals surface area (Å²) in [6, 6.07) is 19.8. The number of hydrogen-bond acceptors (Lipinski definition) is 7. The van der Waals surface area contributed by atoms with Crippen molar-refractivity contribution in [2.45, 2.75) is 31.2 Å². The predicted molar refractivity (Wildman–Crippen MR) is 128 cm³/mol. The molecule has 0 saturated heterocycles. The Hall–Kier alpha value is -3.76. The lowest BCUT2D eigenvalue weighted by Crippen LogP contribution is -2.16. The van der Waals surface area contributed by atoms with Crippen LogP contribution in [0, 0.1) is 12.7 Å². The Bertz CT molecular complexity index is 1460. The molecule has 0 aliphatic carbocycles. The molecule has 0 bridgehead atoms. The largest absolute Gasteiger partial charge is 0.369 e. The van der Waals surface area contributed by atoms with E-state index in [4.69, 9.17) is 4.74 Å². The molecule has 0 aliphatic rings. The van der Waals surface area contributed by atoms with Gasteiger partial charge in [-0.1, -0.05) is 48.5 Å². The first-order valence-corrected chi connectivity index (χ1v) is 12.5. The van der Waals surface area contributed by atoms with Gasteiger partial charge in [0, 0.05) is 17.3 Å². The van der Waals surface area contributed by atoms with E-state index in [1.165, 1.54) is 18.2 Å². The molecule has 0 fully saturated rings. The minimum atomic E-state index is -3.89. The standard InChI is InChI=1S/C25H23FN4O4S/c1-17-15-22(21-11-12-24(31)30-29-21)28-25(27-17)35(32,33)14-13-23(18-7-3-2-4-8-18)34-16-19-9-5-6-10-20(19)26/h2-12,15,23H,13-14,16H2,1H3,(H,30,31). The van der Waals surface area contributed by atoms with Gasteiger partial charge in [-0.25, -0.2) is 27.9 Å². The van der Waals surface area contributed by atoms with E-state index in [9.17, 15) is 17.6 Å². The Kier molecular flexibility index (Phi) is 7.42. The Balaban J connectivity index is 1.55. The highest BCUT2D eigenvalue weighted by Crippen LogP contribution is 2.25. The highest BCUT2D eigenvalue weighted by atomic mass is 32.2. The quantitative estimate of drug-likeness (QED) is 0.352. The first-order valence-electron chi connectivity index (χ1n) is 10.9. The van der Waals surface area contributed by atoms with Gasteiger partial charge in [0.25, 0.3) is 5.56 Å². The molecule has 2 heterocycles. The molecule has 0 radical (unpaired) electrons. The summed E-state index contributed by atoms with van der Waals surface area (Å²) < 4.78 is 46.4. The van der Waals surface area contributed by atoms with Crippen LogP contribution in [0.1, 0.15) is 29.3 Å². The number of rotatable bonds is 9. The molecule has 1 atom stereocenters. The third-order valence-electron chi connectivity index (χ3n) is 5.27. The molecule has 4 aromatic rings. The molecule has 180 valence electrons. The molecule has 10 heteroatoms. The summed E-state index contributed by atoms with van der Waals surface area (Å²) in [4.78, 5) is 19.6. The van der Waals surface area contributed by atoms with Gasteiger partial charge in [-0.05, 0) is 37.1 Å². The van der Waals surface area contributed by atoms with Gasteiger partial charge in [0.15, 0.2) is 0 Å². The van der Waals surface area contributed by atoms with E-state index in [2.05, 4.69) is 20.2 Å². The number of nitrogens with one attached hydrogen (secondary N) is 1. The smallest absolute Gasteiger partial charge is 0.264 e. The van der Waals surface area contributed by atoms with Gasteiger partial charge in [0.05, 0.1) is 24.2 Å². The van der Waals surface area contributed by atoms with Crippen molar-refractivity contribution in [3.05, 3.63) is 106 Å². The average molecular weight is 495 g/mol. The first-order chi connectivity index (χ1) is 16.8. The van der Waals surface area contributed by atoms with Crippen LogP contribution >= 0.6 is 0 Å². The van der Waals surface area contributed by atoms with Crippen LogP contribution in [-0.4, -0.2) is 34.3 Å². The zero-order valence-electron chi connectivity index (χ0n) is 18.9. The minimum absolute atomic E-state index is 0.00471. The van der Waals surface area contributed by atoms with Crippen LogP contribution in [-0.2, 0) is 21.2 Å². The highest BCUT2D eigenvalue weighted by molar-refractivity contribution is 7.91. The van der Waals surface area contributed by atoms with E-state index in [1.807, 2.05) is 30.3 Å². The van der Waals surface area contributed by atoms with E-state index in [0.717, 1.165) is 5.56 Å². The summed E-state index contributed by atoms with van der Waals surface area (Å²) in [7, 11) is -3.89. The summed E-state index contributed by atoms with van der Waals surface area (Å²) in [5, 5.41) is 5.89. The average Bonchev–Trinajstić information content (AvgIpc) is 2.85. The molecule has 2 aromatic carbocycles. The lowest BCUT2D eigenvalue weighted by atomic mass is 10.1. The van der Waals surface area contributed by atoms with Crippen molar-refractivity contribution in [1.29, 1.82) is 0 Å². The fraction of sp³-hybridized carbons (Fsp3) is 0.200. The third-order valence-corrected chi connectivity index (χ3v) is 6.78. The van der Waals surface area contributed by atoms with Crippen LogP contribution < -0.4 is 5.56 Å². The molecule has 0 aliphatic heterocycles. The molecule has 4 rings (SSSR count). The van der Waals surface area contributed by atoms with Crippen molar-refractivity contribution in [3.8, 4) is 11.4 Å². The maximum atomic E-state index is 14.1. The topological polar surface area (TPSA) is 115 Å². The lowest BCUT2D eigenvalue weighted by molar-refractivity contribution is 0.0361. The summed E-state index contributed by atoms with van der Waals surface area (Å²) in [6.45, 7) is 1.65. The van der Waals surface area contributed by atoms with E-state index < -0.39 is 15.9 Å². The summed E-state index contributed by atoms with van der Waals surface area (Å²) in [5.74, 6) is -0.672. The molecule has 2 aromatic heterocycles. The monoisotopic (exact) mass is 494 g/mol. The van der Waals surface area contributed by atoms with Crippen LogP contribution in [0.4, 0.5) is 4.39 Å². The lowest BCUT2D eigenvalue weighted by Gasteiger charge is -2.19. The number of aromatic nitrogens is 4. The van der Waals surface area contributed by atoms with Crippen LogP contribution in [0.3, 0.4) is 0 Å². The van der Waals surface area contributed by atoms with Crippen molar-refractivity contribution >= 4 is 9.84 Å². The molecular weight excluding hydrogens is 471 g/mol. The van der Waals surface area contributed by atoms with Crippen molar-refractivity contribution < 1.29 is 17.5 Å². The van der Waals surface area contributed by atoms with Gasteiger partial charge in [0.2, 0.25) is 15.0 Å². The Morgan fingerprint density at radius 2 is 1.71 bits per heavy atom. The second-order valence-electron chi connectivity index (χ2n) is 7.89. The minimum Gasteiger partial charge on any atom is -0.369 e. The third kappa shape index (κ3) is 6.23. The number of hydrogen-bond donors (Lipinski definition) is 1. The van der Waals surface area contributed by atoms with Crippen LogP contribution in [0.15, 0.2) is 82.7 Å². The number of nitrogens with zero attached hydrogens (tertiary/aromatic N) is 3. The Labute approximate surface area is 201 Å². The maximum Gasteiger partial charge on any atom is 0.264 e. The number of aromatic amines is 1. The molecule has 0 amide bonds. The summed E-state index contributed by atoms with van der Waals surface area (Å²) in [6.07, 6.45) is -0.472. The van der Waals surface area contributed by atoms with Crippen LogP contribution in [0.25, 0.3) is 11.4 Å². The molecular formula is C25H23FN4O4S. The first kappa shape index (κ1) is 24.4. The van der Waals surface area contributed by atoms with Gasteiger partial charge < -0.3 is 4.74 Å². The zero-order valence-corrected chi connectivity index (χ0v) is 19.7. The number of sulfone groups is 1. The second kappa shape index (κ2) is 10.7. The predicted octanol–water partition coefficient (Wildman–Crippen LogP) is 3.80. The molecule has 1 N–H and O–H groups in total. The fourth-order valence-corrected chi connectivity index (χ4v) is 4.70. The van der Waals surface area contributed by atoms with E-state index in [0.29, 0.717) is 17.0 Å². The zero-order chi connectivity index (χ0) is 24.8. The van der Waals surface area contributed by atoms with E-state index in [1.54, 1.807) is 31.2 Å². The highest BCUT2D eigenvalue weighted by Gasteiger charge is 2.24. The SMILES string of the molecule is Cc1cc(-c2ccc(=O)[nH]n2)nc(S(=O)(=O)CCC(OCc2ccccc2F)c2ccccc2)n1. The number of halogens is 1. The molecule has 8 nitrogen and oxygen atoms in total. The summed E-state index contributed by atoms with van der Waals surface area (Å²) in [5.41, 5.74) is 1.83. The molecule has 35 heavy (non-hydrogen) atoms. The van der Waals surface area contributed by atoms with Gasteiger partial charge in [-0.2, -0.15) is 5.10 Å². The van der Waals surface area contributed by atoms with Gasteiger partial charge >= 0.3 is 0 Å². The maximum absolute atomic E-state index is 14.1. The van der Waals surface area contributed by atoms with Crippen molar-refractivity contribution in [2.75, 3.05) is 5.75 Å². The Morgan fingerprint density at radius 3 is 2.43 bits per heavy atom. The van der Waals surface area contributed by atoms with Gasteiger partial charge in [-0.15, -0.1) is 0 Å². The number of ether oxygens (including phenoxy) is 1. The van der Waals surface area contributed by atoms with Crippen LogP contribution in [0.5, 0.6) is 0 Å². The van der Waals surface area contributed by atoms with E-state index >= 15 is 0 Å². The van der Waals surface area contributed by atoms with Crippen molar-refractivity contribution in [1.82, 2.24) is 20.2 Å². The summed E-state index contributed by atoms with van der Waals surface area (Å²) >= 11 is 0. The Morgan fingerprint density at radius 1 is 0.971 bits per heavy atom. The van der Waals surface area contributed by atoms with Crippen molar-refractivity contribution in [3.63, 3.8) is 0 Å². The number of aryl methyl sites for hydroxylation is 1. The van der Waals surface area contributed by atoms with Crippen molar-refractivity contribution in [2.24, 2.45) is 0 Å². The van der Waals surface area contributed by atoms with Crippen LogP contribution in [0.2, 0.25) is 0 Å². The normalized spacial score (nSPS) is 12.4. The fourth-order valence-electron chi connectivity index (χ4n) is 3.47. The number of H-pyrrole nitrogens is 1.